The predicted molar refractivity (Wildman–Crippen MR) is 64.5 cm³/mol. The topological polar surface area (TPSA) is 20.2 Å². The van der Waals surface area contributed by atoms with Crippen molar-refractivity contribution in [2.24, 2.45) is 0 Å². The van der Waals surface area contributed by atoms with E-state index in [0.717, 1.165) is 12.1 Å². The molecular weight excluding hydrogens is 309 g/mol. The molecule has 2 aromatic carbocycles. The smallest absolute Gasteiger partial charge is 0.159 e. The fraction of sp³-hybridized carbons (Fsp3) is 0.0769. The lowest BCUT2D eigenvalue weighted by molar-refractivity contribution is 0.218. The van der Waals surface area contributed by atoms with E-state index >= 15 is 0 Å². The molecule has 0 aliphatic rings. The van der Waals surface area contributed by atoms with Crippen LogP contribution in [0.25, 0.3) is 0 Å². The van der Waals surface area contributed by atoms with Crippen molar-refractivity contribution in [3.63, 3.8) is 0 Å². The van der Waals surface area contributed by atoms with Crippen LogP contribution in [-0.4, -0.2) is 5.11 Å². The van der Waals surface area contributed by atoms with E-state index in [1.54, 1.807) is 0 Å². The minimum absolute atomic E-state index is 0.0993. The summed E-state index contributed by atoms with van der Waals surface area (Å²) < 4.78 is 39.3. The van der Waals surface area contributed by atoms with Crippen LogP contribution < -0.4 is 0 Å². The molecule has 2 rings (SSSR count). The summed E-state index contributed by atoms with van der Waals surface area (Å²) in [5.74, 6) is -2.59. The van der Waals surface area contributed by atoms with Gasteiger partial charge in [-0.2, -0.15) is 0 Å². The summed E-state index contributed by atoms with van der Waals surface area (Å²) in [6, 6.07) is 7.21. The Morgan fingerprint density at radius 2 is 1.67 bits per heavy atom. The number of aliphatic hydroxyl groups excluding tert-OH is 1. The second kappa shape index (κ2) is 5.12. The molecule has 0 radical (unpaired) electrons. The first-order valence-corrected chi connectivity index (χ1v) is 5.87. The molecule has 1 atom stereocenters. The third kappa shape index (κ3) is 2.42. The molecule has 2 aromatic rings. The molecule has 0 saturated heterocycles. The highest BCUT2D eigenvalue weighted by molar-refractivity contribution is 9.10. The first kappa shape index (κ1) is 13.1. The van der Waals surface area contributed by atoms with Gasteiger partial charge in [-0.05, 0) is 39.7 Å². The van der Waals surface area contributed by atoms with Crippen LogP contribution in [0.1, 0.15) is 17.2 Å². The lowest BCUT2D eigenvalue weighted by Gasteiger charge is -2.13. The van der Waals surface area contributed by atoms with Crippen LogP contribution in [0.5, 0.6) is 0 Å². The van der Waals surface area contributed by atoms with Crippen molar-refractivity contribution in [3.05, 3.63) is 69.4 Å². The summed E-state index contributed by atoms with van der Waals surface area (Å²) >= 11 is 3.01. The number of aliphatic hydroxyl groups is 1. The minimum atomic E-state index is -1.23. The fourth-order valence-electron chi connectivity index (χ4n) is 1.59. The van der Waals surface area contributed by atoms with Crippen LogP contribution in [0, 0.1) is 17.5 Å². The monoisotopic (exact) mass is 316 g/mol. The standard InChI is InChI=1S/C13H8BrF3O/c14-12-8(2-1-3-10(12)16)13(18)7-4-5-9(15)11(17)6-7/h1-6,13,18H. The Morgan fingerprint density at radius 1 is 0.944 bits per heavy atom. The van der Waals surface area contributed by atoms with E-state index in [1.807, 2.05) is 0 Å². The van der Waals surface area contributed by atoms with E-state index in [2.05, 4.69) is 15.9 Å². The van der Waals surface area contributed by atoms with E-state index in [-0.39, 0.29) is 15.6 Å². The summed E-state index contributed by atoms with van der Waals surface area (Å²) in [4.78, 5) is 0. The van der Waals surface area contributed by atoms with Crippen molar-refractivity contribution in [1.29, 1.82) is 0 Å². The van der Waals surface area contributed by atoms with Crippen molar-refractivity contribution < 1.29 is 18.3 Å². The van der Waals surface area contributed by atoms with Crippen LogP contribution in [0.15, 0.2) is 40.9 Å². The van der Waals surface area contributed by atoms with Crippen molar-refractivity contribution in [2.45, 2.75) is 6.10 Å². The first-order chi connectivity index (χ1) is 8.50. The van der Waals surface area contributed by atoms with Gasteiger partial charge < -0.3 is 5.11 Å². The van der Waals surface area contributed by atoms with Crippen molar-refractivity contribution >= 4 is 15.9 Å². The van der Waals surface area contributed by atoms with Gasteiger partial charge in [-0.15, -0.1) is 0 Å². The molecule has 0 fully saturated rings. The van der Waals surface area contributed by atoms with E-state index in [9.17, 15) is 18.3 Å². The Labute approximate surface area is 110 Å². The number of hydrogen-bond donors (Lipinski definition) is 1. The molecule has 0 aliphatic carbocycles. The highest BCUT2D eigenvalue weighted by atomic mass is 79.9. The molecule has 1 unspecified atom stereocenters. The highest BCUT2D eigenvalue weighted by Gasteiger charge is 2.17. The molecule has 0 saturated carbocycles. The highest BCUT2D eigenvalue weighted by Crippen LogP contribution is 2.30. The zero-order valence-corrected chi connectivity index (χ0v) is 10.6. The molecule has 0 aliphatic heterocycles. The number of benzene rings is 2. The lowest BCUT2D eigenvalue weighted by atomic mass is 10.0. The van der Waals surface area contributed by atoms with Gasteiger partial charge in [0.15, 0.2) is 11.6 Å². The number of halogens is 4. The summed E-state index contributed by atoms with van der Waals surface area (Å²) in [6.45, 7) is 0. The largest absolute Gasteiger partial charge is 0.384 e. The molecule has 0 amide bonds. The third-order valence-corrected chi connectivity index (χ3v) is 3.37. The Hall–Kier alpha value is -1.33. The normalized spacial score (nSPS) is 12.5. The number of rotatable bonds is 2. The van der Waals surface area contributed by atoms with E-state index in [1.165, 1.54) is 24.3 Å². The van der Waals surface area contributed by atoms with Gasteiger partial charge in [-0.1, -0.05) is 18.2 Å². The average molecular weight is 317 g/mol. The van der Waals surface area contributed by atoms with Gasteiger partial charge >= 0.3 is 0 Å². The van der Waals surface area contributed by atoms with Crippen LogP contribution in [0.2, 0.25) is 0 Å². The SMILES string of the molecule is OC(c1ccc(F)c(F)c1)c1cccc(F)c1Br. The lowest BCUT2D eigenvalue weighted by Crippen LogP contribution is -2.03. The molecule has 1 N–H and O–H groups in total. The van der Waals surface area contributed by atoms with Crippen LogP contribution in [0.3, 0.4) is 0 Å². The summed E-state index contributed by atoms with van der Waals surface area (Å²) in [5, 5.41) is 10.0. The summed E-state index contributed by atoms with van der Waals surface area (Å²) in [7, 11) is 0. The quantitative estimate of drug-likeness (QED) is 0.889. The first-order valence-electron chi connectivity index (χ1n) is 5.07. The molecule has 0 aromatic heterocycles. The second-order valence-corrected chi connectivity index (χ2v) is 4.51. The predicted octanol–water partition coefficient (Wildman–Crippen LogP) is 3.95. The summed E-state index contributed by atoms with van der Waals surface area (Å²) in [6.07, 6.45) is -1.23. The van der Waals surface area contributed by atoms with Gasteiger partial charge in [0.25, 0.3) is 0 Å². The van der Waals surface area contributed by atoms with E-state index < -0.39 is 23.6 Å². The van der Waals surface area contributed by atoms with Gasteiger partial charge in [0, 0.05) is 5.56 Å². The van der Waals surface area contributed by atoms with Crippen molar-refractivity contribution in [3.8, 4) is 0 Å². The van der Waals surface area contributed by atoms with Crippen LogP contribution in [0.4, 0.5) is 13.2 Å². The molecule has 0 spiro atoms. The molecule has 1 nitrogen and oxygen atoms in total. The Bertz CT molecular complexity index is 586. The Morgan fingerprint density at radius 3 is 2.33 bits per heavy atom. The maximum Gasteiger partial charge on any atom is 0.159 e. The average Bonchev–Trinajstić information content (AvgIpc) is 2.35. The summed E-state index contributed by atoms with van der Waals surface area (Å²) in [5.41, 5.74) is 0.404. The molecule has 0 bridgehead atoms. The molecule has 18 heavy (non-hydrogen) atoms. The van der Waals surface area contributed by atoms with Crippen molar-refractivity contribution in [1.82, 2.24) is 0 Å². The fourth-order valence-corrected chi connectivity index (χ4v) is 2.07. The molecule has 94 valence electrons. The second-order valence-electron chi connectivity index (χ2n) is 3.72. The van der Waals surface area contributed by atoms with Crippen molar-refractivity contribution in [2.75, 3.05) is 0 Å². The van der Waals surface area contributed by atoms with E-state index in [4.69, 9.17) is 0 Å². The van der Waals surface area contributed by atoms with Gasteiger partial charge in [-0.3, -0.25) is 0 Å². The maximum atomic E-state index is 13.3. The van der Waals surface area contributed by atoms with E-state index in [0.29, 0.717) is 0 Å². The van der Waals surface area contributed by atoms with Gasteiger partial charge in [0.1, 0.15) is 11.9 Å². The van der Waals surface area contributed by atoms with Gasteiger partial charge in [-0.25, -0.2) is 13.2 Å². The molecular formula is C13H8BrF3O. The van der Waals surface area contributed by atoms with Gasteiger partial charge in [0.2, 0.25) is 0 Å². The van der Waals surface area contributed by atoms with Crippen LogP contribution >= 0.6 is 15.9 Å². The van der Waals surface area contributed by atoms with Gasteiger partial charge in [0.05, 0.1) is 4.47 Å². The Balaban J connectivity index is 2.44. The zero-order chi connectivity index (χ0) is 13.3. The number of hydrogen-bond acceptors (Lipinski definition) is 1. The zero-order valence-electron chi connectivity index (χ0n) is 9.00. The minimum Gasteiger partial charge on any atom is -0.384 e. The van der Waals surface area contributed by atoms with Crippen LogP contribution in [-0.2, 0) is 0 Å². The maximum absolute atomic E-state index is 13.3. The molecule has 5 heteroatoms. The molecule has 0 heterocycles. The Kier molecular flexibility index (Phi) is 3.73. The third-order valence-electron chi connectivity index (χ3n) is 2.54.